The number of amides is 1. The normalized spacial score (nSPS) is 13.6. The highest BCUT2D eigenvalue weighted by Gasteiger charge is 2.15. The fraction of sp³-hybridized carbons (Fsp3) is 0.438. The van der Waals surface area contributed by atoms with Crippen LogP contribution < -0.4 is 5.32 Å². The molecule has 0 aliphatic heterocycles. The maximum Gasteiger partial charge on any atom is 0.345 e. The summed E-state index contributed by atoms with van der Waals surface area (Å²) in [4.78, 5) is 29.5. The van der Waals surface area contributed by atoms with Gasteiger partial charge in [0.15, 0.2) is 0 Å². The van der Waals surface area contributed by atoms with Gasteiger partial charge in [-0.2, -0.15) is 0 Å². The maximum atomic E-state index is 11.9. The van der Waals surface area contributed by atoms with E-state index in [0.717, 1.165) is 42.0 Å². The van der Waals surface area contributed by atoms with Crippen molar-refractivity contribution < 1.29 is 14.7 Å². The Labute approximate surface area is 142 Å². The molecule has 0 saturated carbocycles. The predicted octanol–water partition coefficient (Wildman–Crippen LogP) is 3.14. The fourth-order valence-corrected chi connectivity index (χ4v) is 4.58. The molecule has 1 aliphatic rings. The van der Waals surface area contributed by atoms with Crippen LogP contribution in [0.2, 0.25) is 0 Å². The number of carbonyl (C=O) groups excluding carboxylic acids is 1. The van der Waals surface area contributed by atoms with Crippen molar-refractivity contribution in [1.82, 2.24) is 10.3 Å². The van der Waals surface area contributed by atoms with Crippen LogP contribution in [-0.2, 0) is 19.3 Å². The fourth-order valence-electron chi connectivity index (χ4n) is 2.62. The van der Waals surface area contributed by atoms with Gasteiger partial charge in [-0.15, -0.1) is 22.7 Å². The molecule has 2 aromatic heterocycles. The second-order valence-corrected chi connectivity index (χ2v) is 7.77. The molecular formula is C16H18N2O3S2. The zero-order valence-electron chi connectivity index (χ0n) is 12.6. The standard InChI is InChI=1S/C16H18N2O3S2/c19-15(12-7-8-13(22-12)16(20)21)17-9-3-6-14-18-10-4-1-2-5-11(10)23-14/h7-8H,1-6,9H2,(H,17,19)(H,20,21). The number of aromatic nitrogens is 1. The molecule has 122 valence electrons. The Morgan fingerprint density at radius 3 is 2.70 bits per heavy atom. The molecule has 2 aromatic rings. The van der Waals surface area contributed by atoms with Gasteiger partial charge < -0.3 is 10.4 Å². The van der Waals surface area contributed by atoms with Gasteiger partial charge in [0, 0.05) is 17.8 Å². The number of thiophene rings is 1. The molecule has 0 saturated heterocycles. The van der Waals surface area contributed by atoms with Crippen LogP contribution in [0.15, 0.2) is 12.1 Å². The Hall–Kier alpha value is -1.73. The molecule has 0 atom stereocenters. The van der Waals surface area contributed by atoms with Crippen LogP contribution in [0, 0.1) is 0 Å². The zero-order valence-corrected chi connectivity index (χ0v) is 14.3. The van der Waals surface area contributed by atoms with E-state index in [1.54, 1.807) is 6.07 Å². The molecule has 1 aliphatic carbocycles. The molecular weight excluding hydrogens is 332 g/mol. The van der Waals surface area contributed by atoms with Gasteiger partial charge in [0.2, 0.25) is 0 Å². The number of hydrogen-bond acceptors (Lipinski definition) is 5. The number of nitrogens with zero attached hydrogens (tertiary/aromatic N) is 1. The number of nitrogens with one attached hydrogen (secondary N) is 1. The third-order valence-corrected chi connectivity index (χ3v) is 6.07. The number of aromatic carboxylic acids is 1. The number of carbonyl (C=O) groups is 2. The van der Waals surface area contributed by atoms with Crippen molar-refractivity contribution in [2.45, 2.75) is 38.5 Å². The Bertz CT molecular complexity index is 697. The van der Waals surface area contributed by atoms with Crippen LogP contribution in [0.4, 0.5) is 0 Å². The second-order valence-electron chi connectivity index (χ2n) is 5.51. The number of fused-ring (bicyclic) bond motifs is 1. The van der Waals surface area contributed by atoms with E-state index in [9.17, 15) is 9.59 Å². The summed E-state index contributed by atoms with van der Waals surface area (Å²) in [6.07, 6.45) is 6.49. The maximum absolute atomic E-state index is 11.9. The quantitative estimate of drug-likeness (QED) is 0.785. The average molecular weight is 350 g/mol. The molecule has 7 heteroatoms. The van der Waals surface area contributed by atoms with Gasteiger partial charge in [-0.05, 0) is 44.2 Å². The van der Waals surface area contributed by atoms with Gasteiger partial charge in [0.1, 0.15) is 4.88 Å². The molecule has 3 rings (SSSR count). The summed E-state index contributed by atoms with van der Waals surface area (Å²) in [6.45, 7) is 0.573. The Morgan fingerprint density at radius 2 is 1.96 bits per heavy atom. The van der Waals surface area contributed by atoms with Crippen molar-refractivity contribution in [3.63, 3.8) is 0 Å². The monoisotopic (exact) mass is 350 g/mol. The largest absolute Gasteiger partial charge is 0.477 e. The first-order valence-electron chi connectivity index (χ1n) is 7.72. The Balaban J connectivity index is 1.44. The SMILES string of the molecule is O=C(O)c1ccc(C(=O)NCCCc2nc3c(s2)CCCC3)s1. The number of hydrogen-bond donors (Lipinski definition) is 2. The minimum absolute atomic E-state index is 0.184. The van der Waals surface area contributed by atoms with Crippen LogP contribution in [0.5, 0.6) is 0 Å². The van der Waals surface area contributed by atoms with Gasteiger partial charge in [0.05, 0.1) is 15.6 Å². The lowest BCUT2D eigenvalue weighted by Gasteiger charge is -2.06. The average Bonchev–Trinajstić information content (AvgIpc) is 3.17. The molecule has 0 radical (unpaired) electrons. The first-order valence-corrected chi connectivity index (χ1v) is 9.35. The highest BCUT2D eigenvalue weighted by atomic mass is 32.1. The molecule has 0 fully saturated rings. The van der Waals surface area contributed by atoms with Crippen LogP contribution in [0.25, 0.3) is 0 Å². The summed E-state index contributed by atoms with van der Waals surface area (Å²) in [7, 11) is 0. The molecule has 0 unspecified atom stereocenters. The van der Waals surface area contributed by atoms with Crippen LogP contribution in [0.1, 0.15) is 54.2 Å². The van der Waals surface area contributed by atoms with E-state index in [2.05, 4.69) is 5.32 Å². The Kier molecular flexibility index (Phi) is 5.07. The lowest BCUT2D eigenvalue weighted by atomic mass is 10.0. The highest BCUT2D eigenvalue weighted by Crippen LogP contribution is 2.27. The third kappa shape index (κ3) is 3.97. The first-order chi connectivity index (χ1) is 11.1. The molecule has 0 aromatic carbocycles. The van der Waals surface area contributed by atoms with E-state index in [4.69, 9.17) is 10.1 Å². The second kappa shape index (κ2) is 7.23. The number of aryl methyl sites for hydroxylation is 3. The highest BCUT2D eigenvalue weighted by molar-refractivity contribution is 7.15. The lowest BCUT2D eigenvalue weighted by molar-refractivity contribution is 0.0702. The topological polar surface area (TPSA) is 79.3 Å². The van der Waals surface area contributed by atoms with Crippen molar-refractivity contribution in [3.05, 3.63) is 37.5 Å². The van der Waals surface area contributed by atoms with Crippen molar-refractivity contribution in [3.8, 4) is 0 Å². The summed E-state index contributed by atoms with van der Waals surface area (Å²) in [5, 5.41) is 12.9. The van der Waals surface area contributed by atoms with Crippen LogP contribution >= 0.6 is 22.7 Å². The number of carboxylic acids is 1. The van der Waals surface area contributed by atoms with Gasteiger partial charge in [-0.25, -0.2) is 9.78 Å². The third-order valence-electron chi connectivity index (χ3n) is 3.78. The van der Waals surface area contributed by atoms with E-state index in [-0.39, 0.29) is 10.8 Å². The summed E-state index contributed by atoms with van der Waals surface area (Å²) >= 11 is 2.81. The van der Waals surface area contributed by atoms with Crippen molar-refractivity contribution in [1.29, 1.82) is 0 Å². The summed E-state index contributed by atoms with van der Waals surface area (Å²) in [5.41, 5.74) is 1.28. The molecule has 0 bridgehead atoms. The van der Waals surface area contributed by atoms with Gasteiger partial charge >= 0.3 is 5.97 Å². The number of rotatable bonds is 6. The molecule has 23 heavy (non-hydrogen) atoms. The van der Waals surface area contributed by atoms with E-state index < -0.39 is 5.97 Å². The number of thiazole rings is 1. The van der Waals surface area contributed by atoms with Gasteiger partial charge in [-0.3, -0.25) is 4.79 Å². The van der Waals surface area contributed by atoms with Crippen LogP contribution in [-0.4, -0.2) is 28.5 Å². The summed E-state index contributed by atoms with van der Waals surface area (Å²) in [6, 6.07) is 3.01. The Morgan fingerprint density at radius 1 is 1.17 bits per heavy atom. The van der Waals surface area contributed by atoms with E-state index in [0.29, 0.717) is 11.4 Å². The van der Waals surface area contributed by atoms with Crippen LogP contribution in [0.3, 0.4) is 0 Å². The van der Waals surface area contributed by atoms with E-state index in [1.807, 2.05) is 11.3 Å². The molecule has 2 N–H and O–H groups in total. The van der Waals surface area contributed by atoms with Crippen molar-refractivity contribution >= 4 is 34.6 Å². The van der Waals surface area contributed by atoms with Crippen molar-refractivity contribution in [2.24, 2.45) is 0 Å². The predicted molar refractivity (Wildman–Crippen MR) is 90.7 cm³/mol. The molecule has 1 amide bonds. The van der Waals surface area contributed by atoms with E-state index in [1.165, 1.54) is 29.5 Å². The molecule has 2 heterocycles. The minimum Gasteiger partial charge on any atom is -0.477 e. The van der Waals surface area contributed by atoms with Gasteiger partial charge in [-0.1, -0.05) is 0 Å². The lowest BCUT2D eigenvalue weighted by Crippen LogP contribution is -2.23. The van der Waals surface area contributed by atoms with Crippen molar-refractivity contribution in [2.75, 3.05) is 6.54 Å². The first kappa shape index (κ1) is 16.1. The summed E-state index contributed by atoms with van der Waals surface area (Å²) in [5.74, 6) is -1.21. The zero-order chi connectivity index (χ0) is 16.2. The summed E-state index contributed by atoms with van der Waals surface area (Å²) < 4.78 is 0. The molecule has 5 nitrogen and oxygen atoms in total. The van der Waals surface area contributed by atoms with Gasteiger partial charge in [0.25, 0.3) is 5.91 Å². The smallest absolute Gasteiger partial charge is 0.345 e. The van der Waals surface area contributed by atoms with E-state index >= 15 is 0 Å². The number of carboxylic acid groups (broad SMARTS) is 1. The molecule has 0 spiro atoms. The minimum atomic E-state index is -0.998.